The maximum atomic E-state index is 11.9. The van der Waals surface area contributed by atoms with E-state index in [1.165, 1.54) is 16.7 Å². The lowest BCUT2D eigenvalue weighted by atomic mass is 9.81. The number of aromatic nitrogens is 2. The van der Waals surface area contributed by atoms with Crippen LogP contribution < -0.4 is 0 Å². The molecule has 1 atom stereocenters. The van der Waals surface area contributed by atoms with Gasteiger partial charge < -0.3 is 5.11 Å². The number of pyridine rings is 2. The van der Waals surface area contributed by atoms with Gasteiger partial charge in [0, 0.05) is 28.8 Å². The molecule has 8 aromatic rings. The number of rotatable bonds is 8. The van der Waals surface area contributed by atoms with Crippen molar-refractivity contribution in [3.63, 3.8) is 0 Å². The normalized spacial score (nSPS) is 12.3. The monoisotopic (exact) mass is 768 g/mol. The van der Waals surface area contributed by atoms with E-state index >= 15 is 0 Å². The van der Waals surface area contributed by atoms with E-state index in [0.29, 0.717) is 5.56 Å². The maximum Gasteiger partial charge on any atom is 0.128 e. The van der Waals surface area contributed by atoms with Crippen molar-refractivity contribution in [1.29, 1.82) is 0 Å². The van der Waals surface area contributed by atoms with E-state index in [9.17, 15) is 5.11 Å². The van der Waals surface area contributed by atoms with Crippen LogP contribution >= 0.6 is 0 Å². The van der Waals surface area contributed by atoms with Crippen LogP contribution in [-0.2, 0) is 10.8 Å². The summed E-state index contributed by atoms with van der Waals surface area (Å²) < 4.78 is 0. The molecule has 0 spiro atoms. The van der Waals surface area contributed by atoms with Crippen LogP contribution in [0.1, 0.15) is 76.6 Å². The standard InChI is InChI=1S/C56H52N2O/c1-37(38-17-10-8-11-18-38)39-25-27-41(28-26-39)43-31-45(51-34-42(29-30-57-51)40-19-12-9-13-20-40)33-46(32-43)52-35-44(47-21-14-15-23-49(47)55(2,3)4)36-53(58-52)48-22-16-24-50(54(48)59)56(5,6)7/h8-37,59H,1-7H3. The summed E-state index contributed by atoms with van der Waals surface area (Å²) >= 11 is 0. The molecule has 0 aliphatic carbocycles. The minimum atomic E-state index is -0.252. The molecule has 0 saturated heterocycles. The molecule has 0 aliphatic heterocycles. The molecule has 2 heterocycles. The molecular formula is C56H52N2O. The minimum absolute atomic E-state index is 0.0961. The number of benzene rings is 6. The van der Waals surface area contributed by atoms with Crippen molar-refractivity contribution in [2.45, 2.75) is 65.2 Å². The molecule has 0 amide bonds. The Kier molecular flexibility index (Phi) is 10.6. The van der Waals surface area contributed by atoms with Crippen LogP contribution in [0.15, 0.2) is 176 Å². The van der Waals surface area contributed by atoms with Crippen LogP contribution in [0.25, 0.3) is 67.2 Å². The summed E-state index contributed by atoms with van der Waals surface area (Å²) in [6.45, 7) is 15.4. The van der Waals surface area contributed by atoms with Crippen LogP contribution in [0.2, 0.25) is 0 Å². The summed E-state index contributed by atoms with van der Waals surface area (Å²) in [5, 5.41) is 11.9. The second-order valence-electron chi connectivity index (χ2n) is 17.7. The van der Waals surface area contributed by atoms with Gasteiger partial charge >= 0.3 is 0 Å². The van der Waals surface area contributed by atoms with Gasteiger partial charge in [-0.2, -0.15) is 0 Å². The van der Waals surface area contributed by atoms with Gasteiger partial charge in [0.05, 0.1) is 17.1 Å². The molecular weight excluding hydrogens is 717 g/mol. The second kappa shape index (κ2) is 16.0. The highest BCUT2D eigenvalue weighted by molar-refractivity contribution is 5.85. The average molecular weight is 769 g/mol. The molecule has 59 heavy (non-hydrogen) atoms. The van der Waals surface area contributed by atoms with E-state index in [1.54, 1.807) is 0 Å². The molecule has 0 radical (unpaired) electrons. The third-order valence-electron chi connectivity index (χ3n) is 11.4. The minimum Gasteiger partial charge on any atom is -0.507 e. The summed E-state index contributed by atoms with van der Waals surface area (Å²) in [6, 6.07) is 60.0. The number of nitrogens with zero attached hydrogens (tertiary/aromatic N) is 2. The van der Waals surface area contributed by atoms with Crippen molar-refractivity contribution in [2.24, 2.45) is 0 Å². The molecule has 0 bridgehead atoms. The first-order chi connectivity index (χ1) is 28.3. The first-order valence-electron chi connectivity index (χ1n) is 20.6. The van der Waals surface area contributed by atoms with E-state index in [4.69, 9.17) is 9.97 Å². The summed E-state index contributed by atoms with van der Waals surface area (Å²) in [6.07, 6.45) is 1.90. The van der Waals surface area contributed by atoms with Gasteiger partial charge in [0.25, 0.3) is 0 Å². The summed E-state index contributed by atoms with van der Waals surface area (Å²) in [7, 11) is 0. The molecule has 3 heteroatoms. The van der Waals surface area contributed by atoms with Gasteiger partial charge in [-0.25, -0.2) is 4.98 Å². The SMILES string of the molecule is CC(c1ccccc1)c1ccc(-c2cc(-c3cc(-c4ccccc4)ccn3)cc(-c3cc(-c4ccccc4C(C)(C)C)cc(-c4cccc(C(C)(C)C)c4O)n3)c2)cc1. The smallest absolute Gasteiger partial charge is 0.128 e. The summed E-state index contributed by atoms with van der Waals surface area (Å²) in [5.74, 6) is 0.535. The van der Waals surface area contributed by atoms with E-state index in [0.717, 1.165) is 67.2 Å². The highest BCUT2D eigenvalue weighted by atomic mass is 16.3. The zero-order valence-electron chi connectivity index (χ0n) is 35.2. The lowest BCUT2D eigenvalue weighted by Gasteiger charge is -2.24. The fraction of sp³-hybridized carbons (Fsp3) is 0.179. The number of phenolic OH excluding ortho intramolecular Hbond substituents is 1. The first kappa shape index (κ1) is 39.3. The molecule has 3 nitrogen and oxygen atoms in total. The van der Waals surface area contributed by atoms with Gasteiger partial charge in [0.2, 0.25) is 0 Å². The first-order valence-corrected chi connectivity index (χ1v) is 20.6. The summed E-state index contributed by atoms with van der Waals surface area (Å²) in [5.41, 5.74) is 16.1. The quantitative estimate of drug-likeness (QED) is 0.167. The lowest BCUT2D eigenvalue weighted by Crippen LogP contribution is -2.12. The third kappa shape index (κ3) is 8.38. The fourth-order valence-corrected chi connectivity index (χ4v) is 8.10. The predicted molar refractivity (Wildman–Crippen MR) is 248 cm³/mol. The van der Waals surface area contributed by atoms with Crippen LogP contribution in [0.5, 0.6) is 5.75 Å². The van der Waals surface area contributed by atoms with E-state index in [2.05, 4.69) is 194 Å². The van der Waals surface area contributed by atoms with Gasteiger partial charge in [0.1, 0.15) is 5.75 Å². The highest BCUT2D eigenvalue weighted by Crippen LogP contribution is 2.42. The molecule has 0 aliphatic rings. The van der Waals surface area contributed by atoms with Crippen molar-refractivity contribution < 1.29 is 5.11 Å². The van der Waals surface area contributed by atoms with E-state index in [1.807, 2.05) is 30.5 Å². The molecule has 1 unspecified atom stereocenters. The molecule has 6 aromatic carbocycles. The Hall–Kier alpha value is -6.58. The Morgan fingerprint density at radius 2 is 0.932 bits per heavy atom. The van der Waals surface area contributed by atoms with Crippen LogP contribution in [-0.4, -0.2) is 15.1 Å². The van der Waals surface area contributed by atoms with Crippen molar-refractivity contribution in [3.05, 3.63) is 198 Å². The van der Waals surface area contributed by atoms with E-state index < -0.39 is 0 Å². The third-order valence-corrected chi connectivity index (χ3v) is 11.4. The Morgan fingerprint density at radius 3 is 1.63 bits per heavy atom. The molecule has 0 saturated carbocycles. The molecule has 8 rings (SSSR count). The predicted octanol–water partition coefficient (Wildman–Crippen LogP) is 14.9. The van der Waals surface area contributed by atoms with Crippen molar-refractivity contribution in [2.75, 3.05) is 0 Å². The molecule has 1 N–H and O–H groups in total. The van der Waals surface area contributed by atoms with Gasteiger partial charge in [-0.3, -0.25) is 4.98 Å². The zero-order chi connectivity index (χ0) is 41.3. The van der Waals surface area contributed by atoms with Crippen LogP contribution in [0.3, 0.4) is 0 Å². The number of para-hydroxylation sites is 1. The van der Waals surface area contributed by atoms with Gasteiger partial charge in [0.15, 0.2) is 0 Å². The Labute approximate surface area is 350 Å². The molecule has 292 valence electrons. The van der Waals surface area contributed by atoms with Gasteiger partial charge in [-0.05, 0) is 115 Å². The number of hydrogen-bond donors (Lipinski definition) is 1. The maximum absolute atomic E-state index is 11.9. The van der Waals surface area contributed by atoms with E-state index in [-0.39, 0.29) is 22.5 Å². The van der Waals surface area contributed by atoms with Crippen LogP contribution in [0, 0.1) is 0 Å². The molecule has 0 fully saturated rings. The van der Waals surface area contributed by atoms with Gasteiger partial charge in [-0.15, -0.1) is 0 Å². The summed E-state index contributed by atoms with van der Waals surface area (Å²) in [4.78, 5) is 10.3. The number of phenols is 1. The Bertz CT molecular complexity index is 2740. The van der Waals surface area contributed by atoms with Crippen molar-refractivity contribution in [1.82, 2.24) is 9.97 Å². The Balaban J connectivity index is 1.34. The second-order valence-corrected chi connectivity index (χ2v) is 17.7. The Morgan fingerprint density at radius 1 is 0.407 bits per heavy atom. The molecule has 2 aromatic heterocycles. The lowest BCUT2D eigenvalue weighted by molar-refractivity contribution is 0.448. The topological polar surface area (TPSA) is 46.0 Å². The number of hydrogen-bond acceptors (Lipinski definition) is 3. The van der Waals surface area contributed by atoms with Crippen LogP contribution in [0.4, 0.5) is 0 Å². The van der Waals surface area contributed by atoms with Gasteiger partial charge in [-0.1, -0.05) is 170 Å². The average Bonchev–Trinajstić information content (AvgIpc) is 3.26. The fourth-order valence-electron chi connectivity index (χ4n) is 8.10. The van der Waals surface area contributed by atoms with Crippen molar-refractivity contribution >= 4 is 0 Å². The largest absolute Gasteiger partial charge is 0.507 e. The number of aromatic hydroxyl groups is 1. The highest BCUT2D eigenvalue weighted by Gasteiger charge is 2.24. The van der Waals surface area contributed by atoms with Crippen molar-refractivity contribution in [3.8, 4) is 72.9 Å². The zero-order valence-corrected chi connectivity index (χ0v) is 35.2.